The number of nitrogens with zero attached hydrogens (tertiary/aromatic N) is 1. The molecule has 2 aromatic rings. The highest BCUT2D eigenvalue weighted by Gasteiger charge is 2.26. The molecule has 2 heterocycles. The third-order valence-corrected chi connectivity index (χ3v) is 4.24. The summed E-state index contributed by atoms with van der Waals surface area (Å²) in [5, 5.41) is 3.89. The van der Waals surface area contributed by atoms with Crippen LogP contribution in [0.3, 0.4) is 0 Å². The zero-order chi connectivity index (χ0) is 13.9. The Morgan fingerprint density at radius 3 is 2.70 bits per heavy atom. The summed E-state index contributed by atoms with van der Waals surface area (Å²) in [6.07, 6.45) is 2.85. The average molecular weight is 283 g/mol. The van der Waals surface area contributed by atoms with E-state index in [0.29, 0.717) is 11.3 Å². The van der Waals surface area contributed by atoms with Gasteiger partial charge in [0.2, 0.25) is 0 Å². The molecule has 0 radical (unpaired) electrons. The first-order valence-electron chi connectivity index (χ1n) is 6.43. The van der Waals surface area contributed by atoms with Crippen molar-refractivity contribution in [1.82, 2.24) is 0 Å². The summed E-state index contributed by atoms with van der Waals surface area (Å²) >= 11 is 1.68. The van der Waals surface area contributed by atoms with Gasteiger partial charge in [0, 0.05) is 15.3 Å². The highest BCUT2D eigenvalue weighted by Crippen LogP contribution is 2.24. The minimum absolute atomic E-state index is 0.393. The van der Waals surface area contributed by atoms with Crippen molar-refractivity contribution in [2.45, 2.75) is 13.3 Å². The molecular weight excluding hydrogens is 270 g/mol. The molecule has 1 aromatic carbocycles. The molecule has 0 spiro atoms. The van der Waals surface area contributed by atoms with Crippen LogP contribution in [0.2, 0.25) is 0 Å². The Kier molecular flexibility index (Phi) is 3.48. The molecule has 0 amide bonds. The largest absolute Gasteiger partial charge is 0.368 e. The Morgan fingerprint density at radius 1 is 1.20 bits per heavy atom. The molecule has 0 unspecified atom stereocenters. The molecule has 1 aromatic heterocycles. The summed E-state index contributed by atoms with van der Waals surface area (Å²) < 4.78 is 0. The van der Waals surface area contributed by atoms with Crippen molar-refractivity contribution in [3.63, 3.8) is 0 Å². The van der Waals surface area contributed by atoms with Crippen molar-refractivity contribution in [2.24, 2.45) is 5.16 Å². The van der Waals surface area contributed by atoms with E-state index in [-0.39, 0.29) is 0 Å². The normalized spacial score (nSPS) is 16.4. The Labute approximate surface area is 121 Å². The highest BCUT2D eigenvalue weighted by atomic mass is 32.1. The van der Waals surface area contributed by atoms with E-state index in [0.717, 1.165) is 16.9 Å². The number of aryl methyl sites for hydroxylation is 1. The van der Waals surface area contributed by atoms with E-state index in [2.05, 4.69) is 18.1 Å². The van der Waals surface area contributed by atoms with Crippen LogP contribution in [0.15, 0.2) is 53.2 Å². The van der Waals surface area contributed by atoms with E-state index in [1.165, 1.54) is 4.88 Å². The van der Waals surface area contributed by atoms with Crippen LogP contribution in [-0.4, -0.2) is 11.7 Å². The number of thiophene rings is 1. The maximum Gasteiger partial charge on any atom is 0.368 e. The van der Waals surface area contributed by atoms with Gasteiger partial charge in [-0.25, -0.2) is 4.79 Å². The Bertz CT molecular complexity index is 698. The summed E-state index contributed by atoms with van der Waals surface area (Å²) in [6, 6.07) is 13.7. The van der Waals surface area contributed by atoms with Crippen LogP contribution in [0.4, 0.5) is 0 Å². The number of benzene rings is 1. The summed E-state index contributed by atoms with van der Waals surface area (Å²) in [5.74, 6) is -0.393. The molecule has 4 heteroatoms. The fourth-order valence-corrected chi connectivity index (χ4v) is 2.91. The van der Waals surface area contributed by atoms with Gasteiger partial charge in [-0.2, -0.15) is 0 Å². The third-order valence-electron chi connectivity index (χ3n) is 3.06. The lowest BCUT2D eigenvalue weighted by atomic mass is 10.0. The van der Waals surface area contributed by atoms with Crippen molar-refractivity contribution in [3.05, 3.63) is 63.4 Å². The fraction of sp³-hybridized carbons (Fsp3) is 0.125. The lowest BCUT2D eigenvalue weighted by Crippen LogP contribution is -2.06. The van der Waals surface area contributed by atoms with Crippen LogP contribution < -0.4 is 0 Å². The maximum absolute atomic E-state index is 11.8. The SMILES string of the molecule is CCc1ccc(/C=C2\C(=O)ON=C2c2ccccc2)s1. The van der Waals surface area contributed by atoms with Crippen molar-refractivity contribution >= 4 is 29.1 Å². The fourth-order valence-electron chi connectivity index (χ4n) is 2.02. The van der Waals surface area contributed by atoms with Gasteiger partial charge in [-0.05, 0) is 24.6 Å². The van der Waals surface area contributed by atoms with E-state index < -0.39 is 5.97 Å². The van der Waals surface area contributed by atoms with Gasteiger partial charge < -0.3 is 4.84 Å². The van der Waals surface area contributed by atoms with Crippen LogP contribution in [0.25, 0.3) is 6.08 Å². The number of rotatable bonds is 3. The Balaban J connectivity index is 1.98. The van der Waals surface area contributed by atoms with Gasteiger partial charge in [-0.15, -0.1) is 11.3 Å². The lowest BCUT2D eigenvalue weighted by molar-refractivity contribution is -0.136. The lowest BCUT2D eigenvalue weighted by Gasteiger charge is -1.98. The third kappa shape index (κ3) is 2.42. The van der Waals surface area contributed by atoms with E-state index in [4.69, 9.17) is 4.84 Å². The van der Waals surface area contributed by atoms with E-state index in [9.17, 15) is 4.79 Å². The quantitative estimate of drug-likeness (QED) is 0.637. The second-order valence-electron chi connectivity index (χ2n) is 4.40. The summed E-state index contributed by atoms with van der Waals surface area (Å²) in [6.45, 7) is 2.11. The maximum atomic E-state index is 11.8. The molecular formula is C16H13NO2S. The molecule has 20 heavy (non-hydrogen) atoms. The zero-order valence-corrected chi connectivity index (χ0v) is 11.8. The Morgan fingerprint density at radius 2 is 2.00 bits per heavy atom. The number of carbonyl (C=O) groups is 1. The first-order valence-corrected chi connectivity index (χ1v) is 7.25. The van der Waals surface area contributed by atoms with Crippen LogP contribution in [0.1, 0.15) is 22.2 Å². The van der Waals surface area contributed by atoms with E-state index in [1.54, 1.807) is 11.3 Å². The molecule has 0 bridgehead atoms. The van der Waals surface area contributed by atoms with Gasteiger partial charge in [-0.1, -0.05) is 42.4 Å². The second-order valence-corrected chi connectivity index (χ2v) is 5.60. The first kappa shape index (κ1) is 12.8. The monoisotopic (exact) mass is 283 g/mol. The number of oxime groups is 1. The summed E-state index contributed by atoms with van der Waals surface area (Å²) in [7, 11) is 0. The molecule has 1 aliphatic rings. The first-order chi connectivity index (χ1) is 9.78. The zero-order valence-electron chi connectivity index (χ0n) is 11.0. The molecule has 0 saturated heterocycles. The molecule has 0 saturated carbocycles. The van der Waals surface area contributed by atoms with Crippen LogP contribution >= 0.6 is 11.3 Å². The highest BCUT2D eigenvalue weighted by molar-refractivity contribution is 7.12. The van der Waals surface area contributed by atoms with E-state index >= 15 is 0 Å². The van der Waals surface area contributed by atoms with Gasteiger partial charge in [0.1, 0.15) is 5.71 Å². The minimum atomic E-state index is -0.393. The van der Waals surface area contributed by atoms with Crippen molar-refractivity contribution in [3.8, 4) is 0 Å². The number of hydrogen-bond donors (Lipinski definition) is 0. The average Bonchev–Trinajstić information content (AvgIpc) is 3.08. The topological polar surface area (TPSA) is 38.7 Å². The summed E-state index contributed by atoms with van der Waals surface area (Å²) in [4.78, 5) is 19.0. The molecule has 0 fully saturated rings. The van der Waals surface area contributed by atoms with Crippen LogP contribution in [0, 0.1) is 0 Å². The van der Waals surface area contributed by atoms with Crippen LogP contribution in [0.5, 0.6) is 0 Å². The predicted octanol–water partition coefficient (Wildman–Crippen LogP) is 3.66. The van der Waals surface area contributed by atoms with Crippen LogP contribution in [-0.2, 0) is 16.1 Å². The van der Waals surface area contributed by atoms with Gasteiger partial charge in [0.15, 0.2) is 0 Å². The van der Waals surface area contributed by atoms with Gasteiger partial charge >= 0.3 is 5.97 Å². The molecule has 3 rings (SSSR count). The van der Waals surface area contributed by atoms with Crippen molar-refractivity contribution < 1.29 is 9.63 Å². The van der Waals surface area contributed by atoms with Gasteiger partial charge in [0.05, 0.1) is 5.57 Å². The number of carbonyl (C=O) groups excluding carboxylic acids is 1. The molecule has 3 nitrogen and oxygen atoms in total. The smallest absolute Gasteiger partial charge is 0.312 e. The predicted molar refractivity (Wildman–Crippen MR) is 80.7 cm³/mol. The van der Waals surface area contributed by atoms with Gasteiger partial charge in [-0.3, -0.25) is 0 Å². The minimum Gasteiger partial charge on any atom is -0.312 e. The second kappa shape index (κ2) is 5.43. The molecule has 1 aliphatic heterocycles. The molecule has 100 valence electrons. The molecule has 0 atom stereocenters. The van der Waals surface area contributed by atoms with Gasteiger partial charge in [0.25, 0.3) is 0 Å². The standard InChI is InChI=1S/C16H13NO2S/c1-2-12-8-9-13(20-12)10-14-15(17-19-16(14)18)11-6-4-3-5-7-11/h3-10H,2H2,1H3/b14-10-. The summed E-state index contributed by atoms with van der Waals surface area (Å²) in [5.41, 5.74) is 2.00. The molecule has 0 N–H and O–H groups in total. The number of hydrogen-bond acceptors (Lipinski definition) is 4. The van der Waals surface area contributed by atoms with E-state index in [1.807, 2.05) is 42.5 Å². The Hall–Kier alpha value is -2.20. The van der Waals surface area contributed by atoms with Crippen molar-refractivity contribution in [2.75, 3.05) is 0 Å². The molecule has 0 aliphatic carbocycles. The van der Waals surface area contributed by atoms with Crippen molar-refractivity contribution in [1.29, 1.82) is 0 Å².